The second-order valence-electron chi connectivity index (χ2n) is 5.86. The van der Waals surface area contributed by atoms with Crippen molar-refractivity contribution in [2.45, 2.75) is 63.8 Å². The highest BCUT2D eigenvalue weighted by atomic mass is 35.5. The maximum atomic E-state index is 6.48. The van der Waals surface area contributed by atoms with Gasteiger partial charge in [-0.25, -0.2) is 9.97 Å². The van der Waals surface area contributed by atoms with Gasteiger partial charge in [0, 0.05) is 30.8 Å². The molecule has 1 saturated carbocycles. The molecule has 1 aromatic heterocycles. The number of hydrogen-bond donors (Lipinski definition) is 0. The molecule has 2 unspecified atom stereocenters. The minimum Gasteiger partial charge on any atom is -0.355 e. The zero-order valence-electron chi connectivity index (χ0n) is 12.4. The van der Waals surface area contributed by atoms with Gasteiger partial charge in [-0.2, -0.15) is 0 Å². The topological polar surface area (TPSA) is 29.0 Å². The minimum absolute atomic E-state index is 0.233. The summed E-state index contributed by atoms with van der Waals surface area (Å²) in [6.07, 6.45) is 4.78. The fourth-order valence-corrected chi connectivity index (χ4v) is 3.13. The first-order valence-corrected chi connectivity index (χ1v) is 7.65. The number of nitrogens with zero attached hydrogens (tertiary/aromatic N) is 3. The second kappa shape index (κ2) is 6.08. The van der Waals surface area contributed by atoms with Crippen LogP contribution in [0.15, 0.2) is 6.07 Å². The molecule has 3 nitrogen and oxygen atoms in total. The summed E-state index contributed by atoms with van der Waals surface area (Å²) >= 11 is 6.48. The highest BCUT2D eigenvalue weighted by Crippen LogP contribution is 2.29. The van der Waals surface area contributed by atoms with Crippen LogP contribution in [0.2, 0.25) is 0 Å². The second-order valence-corrected chi connectivity index (χ2v) is 6.42. The summed E-state index contributed by atoms with van der Waals surface area (Å²) in [6, 6.07) is 2.45. The van der Waals surface area contributed by atoms with Crippen LogP contribution in [0.3, 0.4) is 0 Å². The van der Waals surface area contributed by atoms with Gasteiger partial charge in [-0.05, 0) is 19.8 Å². The molecule has 0 radical (unpaired) electrons. The standard InChI is InChI=1S/C15H24ClN3/c1-10(2)15-17-11(3)9-14(18-15)19(4)13-8-6-5-7-12(13)16/h9-10,12-13H,5-8H2,1-4H3. The molecule has 0 N–H and O–H groups in total. The molecule has 19 heavy (non-hydrogen) atoms. The first kappa shape index (κ1) is 14.6. The molecule has 0 spiro atoms. The molecule has 106 valence electrons. The molecule has 4 heteroatoms. The van der Waals surface area contributed by atoms with Crippen molar-refractivity contribution in [2.24, 2.45) is 0 Å². The zero-order valence-corrected chi connectivity index (χ0v) is 13.1. The average Bonchev–Trinajstić information content (AvgIpc) is 2.37. The molecule has 1 aliphatic rings. The number of rotatable bonds is 3. The SMILES string of the molecule is Cc1cc(N(C)C2CCCCC2Cl)nc(C(C)C)n1. The van der Waals surface area contributed by atoms with Gasteiger partial charge in [0.2, 0.25) is 0 Å². The Morgan fingerprint density at radius 3 is 2.58 bits per heavy atom. The van der Waals surface area contributed by atoms with E-state index in [9.17, 15) is 0 Å². The molecular formula is C15H24ClN3. The number of hydrogen-bond acceptors (Lipinski definition) is 3. The average molecular weight is 282 g/mol. The lowest BCUT2D eigenvalue weighted by molar-refractivity contribution is 0.432. The summed E-state index contributed by atoms with van der Waals surface area (Å²) in [6.45, 7) is 6.29. The molecule has 0 saturated heterocycles. The predicted molar refractivity (Wildman–Crippen MR) is 81.2 cm³/mol. The van der Waals surface area contributed by atoms with Gasteiger partial charge in [-0.15, -0.1) is 11.6 Å². The maximum absolute atomic E-state index is 6.48. The monoisotopic (exact) mass is 281 g/mol. The zero-order chi connectivity index (χ0) is 14.0. The highest BCUT2D eigenvalue weighted by Gasteiger charge is 2.27. The summed E-state index contributed by atoms with van der Waals surface area (Å²) < 4.78 is 0. The Morgan fingerprint density at radius 2 is 1.95 bits per heavy atom. The van der Waals surface area contributed by atoms with E-state index in [0.29, 0.717) is 12.0 Å². The molecule has 2 rings (SSSR count). The number of halogens is 1. The largest absolute Gasteiger partial charge is 0.355 e. The Labute approximate surface area is 121 Å². The van der Waals surface area contributed by atoms with E-state index in [1.807, 2.05) is 6.92 Å². The van der Waals surface area contributed by atoms with Gasteiger partial charge in [0.25, 0.3) is 0 Å². The van der Waals surface area contributed by atoms with Gasteiger partial charge in [-0.3, -0.25) is 0 Å². The van der Waals surface area contributed by atoms with Crippen molar-refractivity contribution in [3.05, 3.63) is 17.6 Å². The summed E-state index contributed by atoms with van der Waals surface area (Å²) in [5.74, 6) is 2.28. The summed E-state index contributed by atoms with van der Waals surface area (Å²) in [5, 5.41) is 0.233. The number of anilines is 1. The van der Waals surface area contributed by atoms with E-state index < -0.39 is 0 Å². The van der Waals surface area contributed by atoms with Crippen molar-refractivity contribution >= 4 is 17.4 Å². The Balaban J connectivity index is 2.24. The fraction of sp³-hybridized carbons (Fsp3) is 0.733. The molecule has 1 heterocycles. The molecule has 0 amide bonds. The summed E-state index contributed by atoms with van der Waals surface area (Å²) in [5.41, 5.74) is 1.03. The number of alkyl halides is 1. The van der Waals surface area contributed by atoms with Crippen molar-refractivity contribution in [3.8, 4) is 0 Å². The number of aromatic nitrogens is 2. The Kier molecular flexibility index (Phi) is 4.67. The van der Waals surface area contributed by atoms with Crippen LogP contribution in [0.25, 0.3) is 0 Å². The first-order valence-electron chi connectivity index (χ1n) is 7.21. The van der Waals surface area contributed by atoms with E-state index in [-0.39, 0.29) is 5.38 Å². The molecule has 1 aliphatic carbocycles. The van der Waals surface area contributed by atoms with Crippen LogP contribution in [0.1, 0.15) is 57.0 Å². The molecular weight excluding hydrogens is 258 g/mol. The third kappa shape index (κ3) is 3.38. The van der Waals surface area contributed by atoms with Gasteiger partial charge in [0.1, 0.15) is 11.6 Å². The van der Waals surface area contributed by atoms with Crippen LogP contribution in [0.5, 0.6) is 0 Å². The molecule has 2 atom stereocenters. The van der Waals surface area contributed by atoms with Gasteiger partial charge < -0.3 is 4.90 Å². The van der Waals surface area contributed by atoms with Crippen LogP contribution in [0.4, 0.5) is 5.82 Å². The molecule has 0 aliphatic heterocycles. The number of aryl methyl sites for hydroxylation is 1. The molecule has 1 aromatic rings. The summed E-state index contributed by atoms with van der Waals surface area (Å²) in [7, 11) is 2.11. The first-order chi connectivity index (χ1) is 8.99. The van der Waals surface area contributed by atoms with Gasteiger partial charge in [-0.1, -0.05) is 26.7 Å². The molecule has 0 bridgehead atoms. The Morgan fingerprint density at radius 1 is 1.26 bits per heavy atom. The summed E-state index contributed by atoms with van der Waals surface area (Å²) in [4.78, 5) is 11.5. The van der Waals surface area contributed by atoms with Gasteiger partial charge >= 0.3 is 0 Å². The lowest BCUT2D eigenvalue weighted by atomic mass is 9.94. The lowest BCUT2D eigenvalue weighted by Gasteiger charge is -2.35. The fourth-order valence-electron chi connectivity index (χ4n) is 2.69. The van der Waals surface area contributed by atoms with Crippen LogP contribution in [0, 0.1) is 6.92 Å². The predicted octanol–water partition coefficient (Wildman–Crippen LogP) is 3.89. The van der Waals surface area contributed by atoms with Crippen molar-refractivity contribution in [1.29, 1.82) is 0 Å². The van der Waals surface area contributed by atoms with E-state index >= 15 is 0 Å². The van der Waals surface area contributed by atoms with Crippen molar-refractivity contribution in [3.63, 3.8) is 0 Å². The van der Waals surface area contributed by atoms with E-state index in [2.05, 4.69) is 36.8 Å². The molecule has 0 aromatic carbocycles. The van der Waals surface area contributed by atoms with Crippen LogP contribution < -0.4 is 4.90 Å². The third-order valence-corrected chi connectivity index (χ3v) is 4.39. The van der Waals surface area contributed by atoms with Crippen LogP contribution in [-0.4, -0.2) is 28.4 Å². The van der Waals surface area contributed by atoms with Gasteiger partial charge in [0.15, 0.2) is 0 Å². The Bertz CT molecular complexity index is 433. The van der Waals surface area contributed by atoms with Crippen LogP contribution >= 0.6 is 11.6 Å². The minimum atomic E-state index is 0.233. The molecule has 1 fully saturated rings. The normalized spacial score (nSPS) is 23.7. The van der Waals surface area contributed by atoms with E-state index in [1.54, 1.807) is 0 Å². The van der Waals surface area contributed by atoms with Crippen molar-refractivity contribution in [2.75, 3.05) is 11.9 Å². The Hall–Kier alpha value is -0.830. The quantitative estimate of drug-likeness (QED) is 0.787. The smallest absolute Gasteiger partial charge is 0.133 e. The lowest BCUT2D eigenvalue weighted by Crippen LogP contribution is -2.41. The van der Waals surface area contributed by atoms with Crippen molar-refractivity contribution in [1.82, 2.24) is 9.97 Å². The van der Waals surface area contributed by atoms with Gasteiger partial charge in [0.05, 0.1) is 5.38 Å². The van der Waals surface area contributed by atoms with E-state index in [0.717, 1.165) is 30.2 Å². The van der Waals surface area contributed by atoms with E-state index in [4.69, 9.17) is 16.6 Å². The third-order valence-electron chi connectivity index (χ3n) is 3.88. The highest BCUT2D eigenvalue weighted by molar-refractivity contribution is 6.21. The van der Waals surface area contributed by atoms with E-state index in [1.165, 1.54) is 12.8 Å². The van der Waals surface area contributed by atoms with Crippen molar-refractivity contribution < 1.29 is 0 Å². The maximum Gasteiger partial charge on any atom is 0.133 e. The van der Waals surface area contributed by atoms with Crippen LogP contribution in [-0.2, 0) is 0 Å².